The van der Waals surface area contributed by atoms with Gasteiger partial charge in [0.05, 0.1) is 21.9 Å². The lowest BCUT2D eigenvalue weighted by Crippen LogP contribution is -2.24. The van der Waals surface area contributed by atoms with Crippen LogP contribution in [0.5, 0.6) is 5.75 Å². The van der Waals surface area contributed by atoms with Crippen molar-refractivity contribution in [3.05, 3.63) is 57.0 Å². The summed E-state index contributed by atoms with van der Waals surface area (Å²) in [4.78, 5) is 23.5. The summed E-state index contributed by atoms with van der Waals surface area (Å²) >= 11 is 17.6. The Bertz CT molecular complexity index is 841. The van der Waals surface area contributed by atoms with E-state index >= 15 is 0 Å². The Morgan fingerprint density at radius 3 is 2.64 bits per heavy atom. The predicted molar refractivity (Wildman–Crippen MR) is 98.6 cm³/mol. The molecule has 0 aliphatic heterocycles. The summed E-state index contributed by atoms with van der Waals surface area (Å²) < 4.78 is 0. The second-order valence-corrected chi connectivity index (χ2v) is 6.04. The highest BCUT2D eigenvalue weighted by molar-refractivity contribution is 6.44. The number of benzene rings is 2. The molecule has 0 unspecified atom stereocenters. The molecule has 0 aliphatic carbocycles. The lowest BCUT2D eigenvalue weighted by atomic mass is 10.2. The molecule has 0 fully saturated rings. The van der Waals surface area contributed by atoms with Crippen LogP contribution in [0.4, 0.5) is 5.69 Å². The highest BCUT2D eigenvalue weighted by Gasteiger charge is 2.12. The van der Waals surface area contributed by atoms with Gasteiger partial charge in [0.15, 0.2) is 0 Å². The number of hydrogen-bond acceptors (Lipinski definition) is 4. The molecule has 0 saturated carbocycles. The van der Waals surface area contributed by atoms with Crippen LogP contribution in [0, 0.1) is 0 Å². The molecular formula is C16H12Cl3N3O3. The molecule has 0 radical (unpaired) electrons. The van der Waals surface area contributed by atoms with E-state index in [1.54, 1.807) is 18.2 Å². The summed E-state index contributed by atoms with van der Waals surface area (Å²) in [5, 5.41) is 16.6. The molecule has 2 aromatic carbocycles. The van der Waals surface area contributed by atoms with Gasteiger partial charge in [0.1, 0.15) is 12.2 Å². The van der Waals surface area contributed by atoms with Crippen molar-refractivity contribution in [1.29, 1.82) is 0 Å². The summed E-state index contributed by atoms with van der Waals surface area (Å²) in [5.74, 6) is -1.27. The first kappa shape index (κ1) is 19.1. The van der Waals surface area contributed by atoms with Crippen molar-refractivity contribution < 1.29 is 14.7 Å². The quantitative estimate of drug-likeness (QED) is 0.405. The Labute approximate surface area is 158 Å². The summed E-state index contributed by atoms with van der Waals surface area (Å²) in [6.45, 7) is 0. The monoisotopic (exact) mass is 399 g/mol. The first-order valence-electron chi connectivity index (χ1n) is 6.91. The molecule has 0 saturated heterocycles. The van der Waals surface area contributed by atoms with Crippen molar-refractivity contribution in [2.45, 2.75) is 6.42 Å². The maximum absolute atomic E-state index is 11.8. The van der Waals surface area contributed by atoms with Crippen LogP contribution < -0.4 is 10.7 Å². The fraction of sp³-hybridized carbons (Fsp3) is 0.0625. The second kappa shape index (κ2) is 8.71. The molecule has 130 valence electrons. The SMILES string of the molecule is O=C(CC(=O)Nc1cccc(Cl)c1Cl)NN=Cc1cc(Cl)ccc1O. The van der Waals surface area contributed by atoms with Gasteiger partial charge in [-0.2, -0.15) is 5.10 Å². The number of carbonyl (C=O) groups is 2. The zero-order valence-electron chi connectivity index (χ0n) is 12.6. The molecule has 0 spiro atoms. The van der Waals surface area contributed by atoms with Crippen LogP contribution in [-0.2, 0) is 9.59 Å². The normalized spacial score (nSPS) is 10.7. The zero-order chi connectivity index (χ0) is 18.4. The number of hydrazone groups is 1. The third kappa shape index (κ3) is 5.63. The van der Waals surface area contributed by atoms with Gasteiger partial charge in [-0.25, -0.2) is 5.43 Å². The molecule has 0 aromatic heterocycles. The van der Waals surface area contributed by atoms with E-state index in [9.17, 15) is 14.7 Å². The minimum atomic E-state index is -0.645. The van der Waals surface area contributed by atoms with Gasteiger partial charge in [0, 0.05) is 10.6 Å². The van der Waals surface area contributed by atoms with Gasteiger partial charge in [-0.3, -0.25) is 9.59 Å². The molecule has 3 N–H and O–H groups in total. The fourth-order valence-electron chi connectivity index (χ4n) is 1.78. The van der Waals surface area contributed by atoms with E-state index in [0.29, 0.717) is 16.3 Å². The number of phenolic OH excluding ortho intramolecular Hbond substituents is 1. The van der Waals surface area contributed by atoms with E-state index in [2.05, 4.69) is 15.8 Å². The van der Waals surface area contributed by atoms with Crippen LogP contribution >= 0.6 is 34.8 Å². The Morgan fingerprint density at radius 2 is 1.88 bits per heavy atom. The van der Waals surface area contributed by atoms with E-state index in [-0.39, 0.29) is 15.8 Å². The summed E-state index contributed by atoms with van der Waals surface area (Å²) in [5.41, 5.74) is 2.80. The largest absolute Gasteiger partial charge is 0.507 e. The van der Waals surface area contributed by atoms with Gasteiger partial charge < -0.3 is 10.4 Å². The number of anilines is 1. The Balaban J connectivity index is 1.89. The number of nitrogens with zero attached hydrogens (tertiary/aromatic N) is 1. The summed E-state index contributed by atoms with van der Waals surface area (Å²) in [6.07, 6.45) is 0.743. The number of halogens is 3. The first-order valence-corrected chi connectivity index (χ1v) is 8.04. The zero-order valence-corrected chi connectivity index (χ0v) is 14.9. The summed E-state index contributed by atoms with van der Waals surface area (Å²) in [7, 11) is 0. The lowest BCUT2D eigenvalue weighted by Gasteiger charge is -2.07. The number of phenols is 1. The molecule has 2 amide bonds. The predicted octanol–water partition coefficient (Wildman–Crippen LogP) is 3.83. The molecule has 0 bridgehead atoms. The average molecular weight is 401 g/mol. The van der Waals surface area contributed by atoms with Crippen molar-refractivity contribution in [2.75, 3.05) is 5.32 Å². The van der Waals surface area contributed by atoms with E-state index in [1.807, 2.05) is 0 Å². The van der Waals surface area contributed by atoms with E-state index in [1.165, 1.54) is 24.4 Å². The van der Waals surface area contributed by atoms with Crippen LogP contribution in [-0.4, -0.2) is 23.1 Å². The van der Waals surface area contributed by atoms with Crippen molar-refractivity contribution >= 4 is 58.5 Å². The molecule has 0 atom stereocenters. The average Bonchev–Trinajstić information content (AvgIpc) is 2.55. The number of carbonyl (C=O) groups excluding carboxylic acids is 2. The Morgan fingerprint density at radius 1 is 1.12 bits per heavy atom. The Hall–Kier alpha value is -2.28. The van der Waals surface area contributed by atoms with E-state index < -0.39 is 18.2 Å². The van der Waals surface area contributed by atoms with Crippen LogP contribution in [0.2, 0.25) is 15.1 Å². The lowest BCUT2D eigenvalue weighted by molar-refractivity contribution is -0.126. The molecule has 2 aromatic rings. The van der Waals surface area contributed by atoms with Crippen LogP contribution in [0.1, 0.15) is 12.0 Å². The molecule has 25 heavy (non-hydrogen) atoms. The van der Waals surface area contributed by atoms with Crippen LogP contribution in [0.3, 0.4) is 0 Å². The third-order valence-corrected chi connectivity index (χ3v) is 3.98. The highest BCUT2D eigenvalue weighted by Crippen LogP contribution is 2.29. The van der Waals surface area contributed by atoms with Crippen LogP contribution in [0.15, 0.2) is 41.5 Å². The second-order valence-electron chi connectivity index (χ2n) is 4.82. The molecule has 6 nitrogen and oxygen atoms in total. The highest BCUT2D eigenvalue weighted by atomic mass is 35.5. The Kier molecular flexibility index (Phi) is 6.64. The summed E-state index contributed by atoms with van der Waals surface area (Å²) in [6, 6.07) is 9.13. The number of amides is 2. The van der Waals surface area contributed by atoms with E-state index in [4.69, 9.17) is 34.8 Å². The molecule has 0 aliphatic rings. The van der Waals surface area contributed by atoms with Gasteiger partial charge in [-0.15, -0.1) is 0 Å². The van der Waals surface area contributed by atoms with Gasteiger partial charge in [-0.1, -0.05) is 40.9 Å². The molecular weight excluding hydrogens is 389 g/mol. The molecule has 0 heterocycles. The minimum absolute atomic E-state index is 0.0456. The first-order chi connectivity index (χ1) is 11.9. The number of nitrogens with one attached hydrogen (secondary N) is 2. The molecule has 2 rings (SSSR count). The fourth-order valence-corrected chi connectivity index (χ4v) is 2.31. The standard InChI is InChI=1S/C16H12Cl3N3O3/c17-10-4-5-13(23)9(6-10)8-20-22-15(25)7-14(24)21-12-3-1-2-11(18)16(12)19/h1-6,8,23H,7H2,(H,21,24)(H,22,25). The topological polar surface area (TPSA) is 90.8 Å². The number of rotatable bonds is 5. The van der Waals surface area contributed by atoms with Crippen molar-refractivity contribution in [1.82, 2.24) is 5.43 Å². The number of hydrogen-bond donors (Lipinski definition) is 3. The van der Waals surface area contributed by atoms with Crippen molar-refractivity contribution in [3.8, 4) is 5.75 Å². The van der Waals surface area contributed by atoms with Gasteiger partial charge in [0.2, 0.25) is 11.8 Å². The van der Waals surface area contributed by atoms with Gasteiger partial charge >= 0.3 is 0 Å². The third-order valence-electron chi connectivity index (χ3n) is 2.93. The maximum Gasteiger partial charge on any atom is 0.249 e. The number of aromatic hydroxyl groups is 1. The van der Waals surface area contributed by atoms with Crippen molar-refractivity contribution in [2.24, 2.45) is 5.10 Å². The smallest absolute Gasteiger partial charge is 0.249 e. The van der Waals surface area contributed by atoms with Crippen molar-refractivity contribution in [3.63, 3.8) is 0 Å². The van der Waals surface area contributed by atoms with E-state index in [0.717, 1.165) is 0 Å². The maximum atomic E-state index is 11.8. The van der Waals surface area contributed by atoms with Gasteiger partial charge in [0.25, 0.3) is 0 Å². The minimum Gasteiger partial charge on any atom is -0.507 e. The van der Waals surface area contributed by atoms with Crippen LogP contribution in [0.25, 0.3) is 0 Å². The van der Waals surface area contributed by atoms with Gasteiger partial charge in [-0.05, 0) is 30.3 Å². The molecule has 9 heteroatoms.